The molecule has 1 unspecified atom stereocenters. The molecule has 1 rings (SSSR count). The van der Waals surface area contributed by atoms with Gasteiger partial charge in [0, 0.05) is 19.6 Å². The van der Waals surface area contributed by atoms with E-state index in [0.717, 1.165) is 0 Å². The number of rotatable bonds is 5. The first-order chi connectivity index (χ1) is 8.56. The number of morpholine rings is 1. The monoisotopic (exact) mass is 258 g/mol. The average molecular weight is 258 g/mol. The van der Waals surface area contributed by atoms with Crippen molar-refractivity contribution in [1.82, 2.24) is 9.80 Å². The van der Waals surface area contributed by atoms with E-state index in [-0.39, 0.29) is 17.9 Å². The Hall–Kier alpha value is -1.14. The summed E-state index contributed by atoms with van der Waals surface area (Å²) < 4.78 is 9.79. The van der Waals surface area contributed by atoms with Crippen molar-refractivity contribution in [2.24, 2.45) is 0 Å². The minimum atomic E-state index is -0.257. The van der Waals surface area contributed by atoms with E-state index in [1.807, 2.05) is 23.8 Å². The third-order valence-corrected chi connectivity index (χ3v) is 3.24. The third kappa shape index (κ3) is 4.27. The fourth-order valence-corrected chi connectivity index (χ4v) is 1.80. The number of methoxy groups -OCH3 is 1. The molecule has 1 aliphatic rings. The second kappa shape index (κ2) is 7.33. The molecule has 1 fully saturated rings. The second-order valence-electron chi connectivity index (χ2n) is 4.42. The van der Waals surface area contributed by atoms with Crippen LogP contribution in [0.4, 0.5) is 0 Å². The van der Waals surface area contributed by atoms with Gasteiger partial charge in [-0.05, 0) is 14.0 Å². The predicted molar refractivity (Wildman–Crippen MR) is 66.1 cm³/mol. The summed E-state index contributed by atoms with van der Waals surface area (Å²) in [5, 5.41) is 0. The molecule has 0 saturated carbocycles. The van der Waals surface area contributed by atoms with Gasteiger partial charge in [0.25, 0.3) is 0 Å². The van der Waals surface area contributed by atoms with E-state index < -0.39 is 0 Å². The second-order valence-corrected chi connectivity index (χ2v) is 4.42. The molecule has 18 heavy (non-hydrogen) atoms. The maximum absolute atomic E-state index is 12.2. The van der Waals surface area contributed by atoms with E-state index in [1.54, 1.807) is 0 Å². The first-order valence-electron chi connectivity index (χ1n) is 6.20. The van der Waals surface area contributed by atoms with E-state index in [0.29, 0.717) is 39.3 Å². The molecule has 0 aromatic carbocycles. The largest absolute Gasteiger partial charge is 0.469 e. The van der Waals surface area contributed by atoms with Crippen molar-refractivity contribution in [3.8, 4) is 0 Å². The summed E-state index contributed by atoms with van der Waals surface area (Å²) in [6.45, 7) is 4.87. The summed E-state index contributed by atoms with van der Waals surface area (Å²) in [4.78, 5) is 26.9. The third-order valence-electron chi connectivity index (χ3n) is 3.24. The summed E-state index contributed by atoms with van der Waals surface area (Å²) in [5.74, 6) is -0.168. The molecule has 1 amide bonds. The smallest absolute Gasteiger partial charge is 0.306 e. The van der Waals surface area contributed by atoms with Gasteiger partial charge in [0.2, 0.25) is 5.91 Å². The molecule has 0 aromatic heterocycles. The van der Waals surface area contributed by atoms with Gasteiger partial charge in [-0.15, -0.1) is 0 Å². The molecule has 0 aliphatic carbocycles. The Morgan fingerprint density at radius 1 is 1.39 bits per heavy atom. The first-order valence-corrected chi connectivity index (χ1v) is 6.20. The quantitative estimate of drug-likeness (QED) is 0.635. The number of likely N-dealkylation sites (N-methyl/N-ethyl adjacent to an activating group) is 1. The summed E-state index contributed by atoms with van der Waals surface area (Å²) in [5.41, 5.74) is 0. The van der Waals surface area contributed by atoms with Crippen LogP contribution in [0.2, 0.25) is 0 Å². The van der Waals surface area contributed by atoms with Gasteiger partial charge in [0.05, 0.1) is 32.8 Å². The molecular formula is C12H22N2O4. The van der Waals surface area contributed by atoms with E-state index in [9.17, 15) is 9.59 Å². The molecule has 6 heteroatoms. The number of carbonyl (C=O) groups is 2. The van der Waals surface area contributed by atoms with Crippen LogP contribution in [0.5, 0.6) is 0 Å². The van der Waals surface area contributed by atoms with E-state index >= 15 is 0 Å². The van der Waals surface area contributed by atoms with Crippen molar-refractivity contribution in [1.29, 1.82) is 0 Å². The number of carbonyl (C=O) groups excluding carboxylic acids is 2. The molecule has 1 aliphatic heterocycles. The fourth-order valence-electron chi connectivity index (χ4n) is 1.80. The highest BCUT2D eigenvalue weighted by Gasteiger charge is 2.25. The first kappa shape index (κ1) is 14.9. The highest BCUT2D eigenvalue weighted by Crippen LogP contribution is 2.06. The van der Waals surface area contributed by atoms with Gasteiger partial charge in [0.15, 0.2) is 0 Å². The van der Waals surface area contributed by atoms with Crippen molar-refractivity contribution >= 4 is 11.9 Å². The Morgan fingerprint density at radius 3 is 2.56 bits per heavy atom. The molecule has 6 nitrogen and oxygen atoms in total. The molecule has 0 bridgehead atoms. The van der Waals surface area contributed by atoms with Crippen LogP contribution in [0.15, 0.2) is 0 Å². The molecule has 1 atom stereocenters. The van der Waals surface area contributed by atoms with Crippen molar-refractivity contribution in [3.63, 3.8) is 0 Å². The lowest BCUT2D eigenvalue weighted by Crippen LogP contribution is -2.50. The zero-order chi connectivity index (χ0) is 13.5. The lowest BCUT2D eigenvalue weighted by Gasteiger charge is -2.32. The van der Waals surface area contributed by atoms with Crippen LogP contribution in [0.3, 0.4) is 0 Å². The van der Waals surface area contributed by atoms with Crippen LogP contribution in [0, 0.1) is 0 Å². The lowest BCUT2D eigenvalue weighted by atomic mass is 10.2. The van der Waals surface area contributed by atoms with Crippen LogP contribution in [0.1, 0.15) is 13.3 Å². The Balaban J connectivity index is 2.39. The molecule has 1 heterocycles. The molecule has 0 spiro atoms. The normalized spacial score (nSPS) is 17.7. The van der Waals surface area contributed by atoms with Gasteiger partial charge < -0.3 is 14.4 Å². The highest BCUT2D eigenvalue weighted by molar-refractivity contribution is 5.81. The fraction of sp³-hybridized carbons (Fsp3) is 0.833. The van der Waals surface area contributed by atoms with Gasteiger partial charge >= 0.3 is 5.97 Å². The number of amides is 1. The summed E-state index contributed by atoms with van der Waals surface area (Å²) in [6, 6.07) is -0.229. The average Bonchev–Trinajstić information content (AvgIpc) is 2.43. The van der Waals surface area contributed by atoms with Crippen molar-refractivity contribution in [2.75, 3.05) is 47.0 Å². The maximum Gasteiger partial charge on any atom is 0.306 e. The minimum absolute atomic E-state index is 0.0886. The van der Waals surface area contributed by atoms with Gasteiger partial charge in [0.1, 0.15) is 0 Å². The number of nitrogens with zero attached hydrogens (tertiary/aromatic N) is 2. The van der Waals surface area contributed by atoms with Gasteiger partial charge in [-0.3, -0.25) is 14.5 Å². The number of hydrogen-bond donors (Lipinski definition) is 0. The Bertz CT molecular complexity index is 290. The number of esters is 1. The zero-order valence-corrected chi connectivity index (χ0v) is 11.3. The Morgan fingerprint density at radius 2 is 2.00 bits per heavy atom. The van der Waals surface area contributed by atoms with E-state index in [4.69, 9.17) is 4.74 Å². The van der Waals surface area contributed by atoms with Crippen LogP contribution in [-0.2, 0) is 19.1 Å². The van der Waals surface area contributed by atoms with Crippen LogP contribution in [0.25, 0.3) is 0 Å². The van der Waals surface area contributed by atoms with Crippen LogP contribution >= 0.6 is 0 Å². The van der Waals surface area contributed by atoms with Crippen molar-refractivity contribution < 1.29 is 19.1 Å². The topological polar surface area (TPSA) is 59.1 Å². The van der Waals surface area contributed by atoms with Gasteiger partial charge in [-0.1, -0.05) is 0 Å². The standard InChI is InChI=1S/C12H22N2O4/c1-10(13(2)5-4-11(15)17-3)12(16)14-6-8-18-9-7-14/h10H,4-9H2,1-3H3. The SMILES string of the molecule is COC(=O)CCN(C)C(C)C(=O)N1CCOCC1. The molecule has 104 valence electrons. The van der Waals surface area contributed by atoms with Crippen molar-refractivity contribution in [3.05, 3.63) is 0 Å². The molecule has 0 N–H and O–H groups in total. The van der Waals surface area contributed by atoms with E-state index in [2.05, 4.69) is 4.74 Å². The van der Waals surface area contributed by atoms with Crippen LogP contribution in [-0.4, -0.2) is 74.7 Å². The maximum atomic E-state index is 12.2. The molecule has 1 saturated heterocycles. The zero-order valence-electron chi connectivity index (χ0n) is 11.3. The molecule has 0 radical (unpaired) electrons. The summed E-state index contributed by atoms with van der Waals surface area (Å²) in [7, 11) is 3.20. The minimum Gasteiger partial charge on any atom is -0.469 e. The molecular weight excluding hydrogens is 236 g/mol. The lowest BCUT2D eigenvalue weighted by molar-refractivity contribution is -0.143. The van der Waals surface area contributed by atoms with E-state index in [1.165, 1.54) is 7.11 Å². The summed E-state index contributed by atoms with van der Waals surface area (Å²) >= 11 is 0. The Kier molecular flexibility index (Phi) is 6.07. The van der Waals surface area contributed by atoms with Gasteiger partial charge in [-0.2, -0.15) is 0 Å². The van der Waals surface area contributed by atoms with Crippen molar-refractivity contribution in [2.45, 2.75) is 19.4 Å². The Labute approximate surface area is 108 Å². The van der Waals surface area contributed by atoms with Gasteiger partial charge in [-0.25, -0.2) is 0 Å². The highest BCUT2D eigenvalue weighted by atomic mass is 16.5. The predicted octanol–water partition coefficient (Wildman–Crippen LogP) is -0.271. The number of ether oxygens (including phenoxy) is 2. The number of hydrogen-bond acceptors (Lipinski definition) is 5. The van der Waals surface area contributed by atoms with Crippen LogP contribution < -0.4 is 0 Å². The molecule has 0 aromatic rings. The summed E-state index contributed by atoms with van der Waals surface area (Å²) in [6.07, 6.45) is 0.299.